The molecule has 2 N–H and O–H groups in total. The Labute approximate surface area is 157 Å². The molecule has 1 heterocycles. The van der Waals surface area contributed by atoms with Gasteiger partial charge in [-0.05, 0) is 59.3 Å². The van der Waals surface area contributed by atoms with Crippen LogP contribution in [0.4, 0.5) is 5.69 Å². The predicted octanol–water partition coefficient (Wildman–Crippen LogP) is 2.63. The van der Waals surface area contributed by atoms with Crippen LogP contribution in [0, 0.1) is 10.5 Å². The van der Waals surface area contributed by atoms with Crippen LogP contribution in [0.25, 0.3) is 10.9 Å². The third-order valence-corrected chi connectivity index (χ3v) is 5.09. The third kappa shape index (κ3) is 3.81. The molecule has 2 aromatic carbocycles. The number of rotatable bonds is 4. The Hall–Kier alpha value is -2.42. The van der Waals surface area contributed by atoms with Crippen LogP contribution in [0.15, 0.2) is 52.1 Å². The van der Waals surface area contributed by atoms with Crippen molar-refractivity contribution in [1.29, 1.82) is 0 Å². The molecule has 0 aliphatic rings. The lowest BCUT2D eigenvalue weighted by atomic mass is 10.2. The van der Waals surface area contributed by atoms with Gasteiger partial charge in [0.25, 0.3) is 5.56 Å². The second-order valence-electron chi connectivity index (χ2n) is 5.69. The number of fused-ring (bicyclic) bond motifs is 1. The third-order valence-electron chi connectivity index (χ3n) is 3.92. The number of amides is 1. The lowest BCUT2D eigenvalue weighted by Gasteiger charge is -2.10. The number of H-pyrrole nitrogens is 1. The minimum absolute atomic E-state index is 0.125. The summed E-state index contributed by atoms with van der Waals surface area (Å²) < 4.78 is 2.48. The van der Waals surface area contributed by atoms with Crippen molar-refractivity contribution in [3.63, 3.8) is 0 Å². The number of carbonyl (C=O) groups excluding carboxylic acids is 1. The summed E-state index contributed by atoms with van der Waals surface area (Å²) in [5.74, 6) is -0.193. The summed E-state index contributed by atoms with van der Waals surface area (Å²) in [6, 6.07) is 12.5. The number of nitrogens with one attached hydrogen (secondary N) is 2. The maximum atomic E-state index is 12.2. The standard InChI is InChI=1S/C18H16IN3O3/c1-11-6-7-12(10-14(11)19)20-16(23)8-9-22-15-5-3-2-4-13(15)17(24)21-18(22)25/h2-7,10H,8-9H2,1H3,(H,20,23)(H,21,24,25). The van der Waals surface area contributed by atoms with E-state index in [9.17, 15) is 14.4 Å². The Bertz CT molecular complexity index is 1070. The Morgan fingerprint density at radius 1 is 1.20 bits per heavy atom. The molecule has 128 valence electrons. The smallest absolute Gasteiger partial charge is 0.326 e. The molecule has 0 aliphatic heterocycles. The quantitative estimate of drug-likeness (QED) is 0.601. The maximum Gasteiger partial charge on any atom is 0.328 e. The Kier molecular flexibility index (Phi) is 5.03. The molecule has 1 aromatic heterocycles. The van der Waals surface area contributed by atoms with Crippen molar-refractivity contribution in [2.45, 2.75) is 19.9 Å². The van der Waals surface area contributed by atoms with Gasteiger partial charge in [-0.3, -0.25) is 19.1 Å². The van der Waals surface area contributed by atoms with Crippen LogP contribution in [0.2, 0.25) is 0 Å². The summed E-state index contributed by atoms with van der Waals surface area (Å²) in [6.07, 6.45) is 0.125. The van der Waals surface area contributed by atoms with Gasteiger partial charge in [-0.1, -0.05) is 18.2 Å². The molecule has 0 atom stereocenters. The fraction of sp³-hybridized carbons (Fsp3) is 0.167. The van der Waals surface area contributed by atoms with E-state index in [-0.39, 0.29) is 18.9 Å². The minimum Gasteiger partial charge on any atom is -0.326 e. The van der Waals surface area contributed by atoms with E-state index < -0.39 is 11.2 Å². The molecule has 6 nitrogen and oxygen atoms in total. The van der Waals surface area contributed by atoms with E-state index in [0.29, 0.717) is 10.9 Å². The van der Waals surface area contributed by atoms with Crippen LogP contribution >= 0.6 is 22.6 Å². The largest absolute Gasteiger partial charge is 0.328 e. The van der Waals surface area contributed by atoms with Crippen LogP contribution in [0.3, 0.4) is 0 Å². The van der Waals surface area contributed by atoms with Crippen molar-refractivity contribution in [1.82, 2.24) is 9.55 Å². The van der Waals surface area contributed by atoms with Gasteiger partial charge in [0.1, 0.15) is 0 Å². The number of benzene rings is 2. The van der Waals surface area contributed by atoms with E-state index in [2.05, 4.69) is 32.9 Å². The molecule has 0 aliphatic carbocycles. The van der Waals surface area contributed by atoms with Crippen LogP contribution < -0.4 is 16.6 Å². The first-order chi connectivity index (χ1) is 12.0. The minimum atomic E-state index is -0.513. The van der Waals surface area contributed by atoms with E-state index >= 15 is 0 Å². The molecular formula is C18H16IN3O3. The highest BCUT2D eigenvalue weighted by Gasteiger charge is 2.09. The fourth-order valence-electron chi connectivity index (χ4n) is 2.57. The van der Waals surface area contributed by atoms with Gasteiger partial charge in [-0.2, -0.15) is 0 Å². The van der Waals surface area contributed by atoms with E-state index in [1.807, 2.05) is 25.1 Å². The SMILES string of the molecule is Cc1ccc(NC(=O)CCn2c(=O)[nH]c(=O)c3ccccc32)cc1I. The average Bonchev–Trinajstić information content (AvgIpc) is 2.58. The van der Waals surface area contributed by atoms with Crippen molar-refractivity contribution in [2.75, 3.05) is 5.32 Å². The summed E-state index contributed by atoms with van der Waals surface area (Å²) in [6.45, 7) is 2.19. The molecule has 0 radical (unpaired) electrons. The number of hydrogen-bond donors (Lipinski definition) is 2. The van der Waals surface area contributed by atoms with Gasteiger partial charge < -0.3 is 5.32 Å². The number of halogens is 1. The van der Waals surface area contributed by atoms with Crippen molar-refractivity contribution < 1.29 is 4.79 Å². The van der Waals surface area contributed by atoms with Crippen LogP contribution in [-0.2, 0) is 11.3 Å². The molecule has 0 saturated heterocycles. The second-order valence-corrected chi connectivity index (χ2v) is 6.85. The van der Waals surface area contributed by atoms with Crippen molar-refractivity contribution in [2.24, 2.45) is 0 Å². The first-order valence-electron chi connectivity index (χ1n) is 7.73. The molecule has 1 amide bonds. The zero-order valence-electron chi connectivity index (χ0n) is 13.5. The molecule has 3 rings (SSSR count). The molecule has 0 spiro atoms. The summed E-state index contributed by atoms with van der Waals surface area (Å²) in [5, 5.41) is 3.25. The number of nitrogens with zero attached hydrogens (tertiary/aromatic N) is 1. The van der Waals surface area contributed by atoms with Crippen LogP contribution in [0.1, 0.15) is 12.0 Å². The van der Waals surface area contributed by atoms with Gasteiger partial charge in [-0.25, -0.2) is 4.79 Å². The maximum absolute atomic E-state index is 12.2. The highest BCUT2D eigenvalue weighted by atomic mass is 127. The first kappa shape index (κ1) is 17.4. The number of anilines is 1. The lowest BCUT2D eigenvalue weighted by molar-refractivity contribution is -0.116. The summed E-state index contributed by atoms with van der Waals surface area (Å²) in [4.78, 5) is 38.4. The van der Waals surface area contributed by atoms with Crippen LogP contribution in [0.5, 0.6) is 0 Å². The molecule has 0 saturated carbocycles. The number of aromatic amines is 1. The highest BCUT2D eigenvalue weighted by Crippen LogP contribution is 2.17. The molecular weight excluding hydrogens is 433 g/mol. The van der Waals surface area contributed by atoms with Gasteiger partial charge >= 0.3 is 5.69 Å². The first-order valence-corrected chi connectivity index (χ1v) is 8.81. The Balaban J connectivity index is 1.78. The molecule has 0 bridgehead atoms. The summed E-state index contributed by atoms with van der Waals surface area (Å²) in [5.41, 5.74) is 1.45. The molecule has 25 heavy (non-hydrogen) atoms. The van der Waals surface area contributed by atoms with Gasteiger partial charge in [0.15, 0.2) is 0 Å². The number of para-hydroxylation sites is 1. The van der Waals surface area contributed by atoms with Gasteiger partial charge in [0.2, 0.25) is 5.91 Å². The number of aromatic nitrogens is 2. The van der Waals surface area contributed by atoms with Gasteiger partial charge in [0, 0.05) is 22.2 Å². The average molecular weight is 449 g/mol. The van der Waals surface area contributed by atoms with E-state index in [4.69, 9.17) is 0 Å². The molecule has 0 fully saturated rings. The topological polar surface area (TPSA) is 84.0 Å². The van der Waals surface area contributed by atoms with Gasteiger partial charge in [-0.15, -0.1) is 0 Å². The van der Waals surface area contributed by atoms with Crippen molar-refractivity contribution >= 4 is 45.1 Å². The summed E-state index contributed by atoms with van der Waals surface area (Å²) in [7, 11) is 0. The van der Waals surface area contributed by atoms with Crippen molar-refractivity contribution in [3.05, 3.63) is 72.4 Å². The molecule has 0 unspecified atom stereocenters. The van der Waals surface area contributed by atoms with Crippen molar-refractivity contribution in [3.8, 4) is 0 Å². The number of aryl methyl sites for hydroxylation is 2. The number of hydrogen-bond acceptors (Lipinski definition) is 3. The zero-order valence-corrected chi connectivity index (χ0v) is 15.7. The van der Waals surface area contributed by atoms with Crippen LogP contribution in [-0.4, -0.2) is 15.5 Å². The fourth-order valence-corrected chi connectivity index (χ4v) is 3.09. The van der Waals surface area contributed by atoms with E-state index in [1.54, 1.807) is 24.3 Å². The Morgan fingerprint density at radius 2 is 1.96 bits per heavy atom. The van der Waals surface area contributed by atoms with E-state index in [1.165, 1.54) is 4.57 Å². The monoisotopic (exact) mass is 449 g/mol. The normalized spacial score (nSPS) is 10.8. The zero-order chi connectivity index (χ0) is 18.0. The molecule has 7 heteroatoms. The second kappa shape index (κ2) is 7.22. The lowest BCUT2D eigenvalue weighted by Crippen LogP contribution is -2.31. The molecule has 3 aromatic rings. The summed E-state index contributed by atoms with van der Waals surface area (Å²) >= 11 is 2.21. The predicted molar refractivity (Wildman–Crippen MR) is 106 cm³/mol. The van der Waals surface area contributed by atoms with E-state index in [0.717, 1.165) is 14.8 Å². The number of carbonyl (C=O) groups is 1. The highest BCUT2D eigenvalue weighted by molar-refractivity contribution is 14.1. The van der Waals surface area contributed by atoms with Gasteiger partial charge in [0.05, 0.1) is 10.9 Å². The Morgan fingerprint density at radius 3 is 2.72 bits per heavy atom.